The number of nitrogens with zero attached hydrogens (tertiary/aromatic N) is 1. The molecule has 0 atom stereocenters. The zero-order valence-electron chi connectivity index (χ0n) is 13.8. The van der Waals surface area contributed by atoms with E-state index in [0.717, 1.165) is 13.3 Å². The monoisotopic (exact) mass is 348 g/mol. The van der Waals surface area contributed by atoms with Gasteiger partial charge in [-0.2, -0.15) is 13.2 Å². The van der Waals surface area contributed by atoms with Gasteiger partial charge in [0.2, 0.25) is 0 Å². The van der Waals surface area contributed by atoms with Crippen molar-refractivity contribution in [3.8, 4) is 0 Å². The maximum Gasteiger partial charge on any atom is 0.419 e. The maximum absolute atomic E-state index is 13.1. The molecular weight excluding hydrogens is 329 g/mol. The zero-order valence-corrected chi connectivity index (χ0v) is 13.8. The highest BCUT2D eigenvalue weighted by atomic mass is 19.4. The number of hydrogen-bond donors (Lipinski definition) is 1. The first-order valence-electron chi connectivity index (χ1n) is 7.09. The minimum absolute atomic E-state index is 0.369. The van der Waals surface area contributed by atoms with Crippen molar-refractivity contribution in [2.75, 3.05) is 19.0 Å². The fourth-order valence-corrected chi connectivity index (χ4v) is 1.54. The van der Waals surface area contributed by atoms with Crippen LogP contribution in [-0.4, -0.2) is 36.2 Å². The predicted molar refractivity (Wildman–Crippen MR) is 79.5 cm³/mol. The van der Waals surface area contributed by atoms with Crippen molar-refractivity contribution in [2.45, 2.75) is 39.0 Å². The zero-order chi connectivity index (χ0) is 18.5. The molecule has 0 spiro atoms. The van der Waals surface area contributed by atoms with E-state index in [2.05, 4.69) is 15.0 Å². The number of nitrogens with one attached hydrogen (secondary N) is 1. The van der Waals surface area contributed by atoms with Crippen LogP contribution in [0.3, 0.4) is 0 Å². The lowest BCUT2D eigenvalue weighted by molar-refractivity contribution is -0.137. The van der Waals surface area contributed by atoms with Gasteiger partial charge in [0.1, 0.15) is 12.4 Å². The summed E-state index contributed by atoms with van der Waals surface area (Å²) in [7, 11) is 1.04. The second kappa shape index (κ2) is 7.61. The minimum atomic E-state index is -4.80. The maximum atomic E-state index is 13.1. The van der Waals surface area contributed by atoms with E-state index in [1.807, 2.05) is 6.92 Å². The molecule has 1 aromatic rings. The number of ether oxygens (including phenoxy) is 2. The number of pyridine rings is 1. The van der Waals surface area contributed by atoms with Gasteiger partial charge in [0.25, 0.3) is 5.91 Å². The van der Waals surface area contributed by atoms with Gasteiger partial charge in [0, 0.05) is 6.20 Å². The van der Waals surface area contributed by atoms with Crippen LogP contribution in [0.2, 0.25) is 0 Å². The molecule has 6 nitrogen and oxygen atoms in total. The molecule has 134 valence electrons. The summed E-state index contributed by atoms with van der Waals surface area (Å²) < 4.78 is 49.0. The molecule has 0 aliphatic rings. The first-order chi connectivity index (χ1) is 11.0. The third-order valence-electron chi connectivity index (χ3n) is 3.32. The summed E-state index contributed by atoms with van der Waals surface area (Å²) in [5, 5.41) is 2.05. The molecule has 1 rings (SSSR count). The molecule has 0 bridgehead atoms. The van der Waals surface area contributed by atoms with Crippen LogP contribution in [0.1, 0.15) is 43.1 Å². The van der Waals surface area contributed by atoms with Crippen LogP contribution in [0.25, 0.3) is 0 Å². The van der Waals surface area contributed by atoms with Crippen molar-refractivity contribution in [3.05, 3.63) is 23.4 Å². The second-order valence-corrected chi connectivity index (χ2v) is 5.56. The molecule has 1 N–H and O–H groups in total. The number of rotatable bonds is 6. The molecule has 0 saturated carbocycles. The standard InChI is InChI=1S/C15H19F3N2O4/c1-5-14(2,3)24-8-11(21)20-12-10(15(16,17)18)6-9(7-19-12)13(22)23-4/h6-7H,5,8H2,1-4H3,(H,19,20,21). The Balaban J connectivity index is 2.98. The Morgan fingerprint density at radius 2 is 1.92 bits per heavy atom. The number of esters is 1. The van der Waals surface area contributed by atoms with Gasteiger partial charge in [-0.25, -0.2) is 9.78 Å². The number of hydrogen-bond acceptors (Lipinski definition) is 5. The number of aromatic nitrogens is 1. The van der Waals surface area contributed by atoms with Crippen molar-refractivity contribution in [1.82, 2.24) is 4.98 Å². The molecular formula is C15H19F3N2O4. The van der Waals surface area contributed by atoms with E-state index in [1.54, 1.807) is 13.8 Å². The van der Waals surface area contributed by atoms with Crippen molar-refractivity contribution in [3.63, 3.8) is 0 Å². The van der Waals surface area contributed by atoms with Crippen LogP contribution in [0.4, 0.5) is 19.0 Å². The Bertz CT molecular complexity index is 615. The molecule has 1 amide bonds. The van der Waals surface area contributed by atoms with E-state index in [0.29, 0.717) is 12.5 Å². The normalized spacial score (nSPS) is 12.0. The first-order valence-corrected chi connectivity index (χ1v) is 7.09. The number of carbonyl (C=O) groups excluding carboxylic acids is 2. The van der Waals surface area contributed by atoms with Crippen LogP contribution in [-0.2, 0) is 20.4 Å². The summed E-state index contributed by atoms with van der Waals surface area (Å²) in [5.74, 6) is -2.43. The van der Waals surface area contributed by atoms with Gasteiger partial charge in [-0.15, -0.1) is 0 Å². The number of halogens is 3. The average molecular weight is 348 g/mol. The number of anilines is 1. The Morgan fingerprint density at radius 3 is 2.42 bits per heavy atom. The highest BCUT2D eigenvalue weighted by molar-refractivity contribution is 5.93. The Labute approximate surface area is 137 Å². The quantitative estimate of drug-likeness (QED) is 0.800. The summed E-state index contributed by atoms with van der Waals surface area (Å²) in [6, 6.07) is 0.575. The number of alkyl halides is 3. The molecule has 1 heterocycles. The van der Waals surface area contributed by atoms with Crippen molar-refractivity contribution in [1.29, 1.82) is 0 Å². The number of amides is 1. The third kappa shape index (κ3) is 5.48. The van der Waals surface area contributed by atoms with Crippen LogP contribution in [0, 0.1) is 0 Å². The third-order valence-corrected chi connectivity index (χ3v) is 3.32. The van der Waals surface area contributed by atoms with Gasteiger partial charge in [0.05, 0.1) is 23.8 Å². The van der Waals surface area contributed by atoms with Crippen LogP contribution < -0.4 is 5.32 Å². The molecule has 24 heavy (non-hydrogen) atoms. The molecule has 9 heteroatoms. The number of carbonyl (C=O) groups is 2. The van der Waals surface area contributed by atoms with Gasteiger partial charge in [-0.3, -0.25) is 4.79 Å². The van der Waals surface area contributed by atoms with Gasteiger partial charge >= 0.3 is 12.1 Å². The van der Waals surface area contributed by atoms with E-state index >= 15 is 0 Å². The van der Waals surface area contributed by atoms with Crippen LogP contribution >= 0.6 is 0 Å². The summed E-state index contributed by atoms with van der Waals surface area (Å²) in [6.45, 7) is 4.95. The molecule has 0 radical (unpaired) electrons. The molecule has 0 aliphatic heterocycles. The first kappa shape index (κ1) is 19.9. The van der Waals surface area contributed by atoms with Crippen LogP contribution in [0.15, 0.2) is 12.3 Å². The minimum Gasteiger partial charge on any atom is -0.465 e. The SMILES string of the molecule is CCC(C)(C)OCC(=O)Nc1ncc(C(=O)OC)cc1C(F)(F)F. The van der Waals surface area contributed by atoms with E-state index in [4.69, 9.17) is 4.74 Å². The van der Waals surface area contributed by atoms with E-state index in [-0.39, 0.29) is 5.56 Å². The lowest BCUT2D eigenvalue weighted by Gasteiger charge is -2.23. The van der Waals surface area contributed by atoms with Crippen molar-refractivity contribution < 1.29 is 32.2 Å². The van der Waals surface area contributed by atoms with Gasteiger partial charge in [-0.1, -0.05) is 6.92 Å². The molecule has 1 aromatic heterocycles. The molecule has 0 aromatic carbocycles. The molecule has 0 saturated heterocycles. The van der Waals surface area contributed by atoms with E-state index in [1.165, 1.54) is 0 Å². The Kier molecular flexibility index (Phi) is 6.30. The fourth-order valence-electron chi connectivity index (χ4n) is 1.54. The predicted octanol–water partition coefficient (Wildman–Crippen LogP) is 3.03. The Morgan fingerprint density at radius 1 is 1.29 bits per heavy atom. The highest BCUT2D eigenvalue weighted by Crippen LogP contribution is 2.34. The summed E-state index contributed by atoms with van der Waals surface area (Å²) in [5.41, 5.74) is -2.19. The van der Waals surface area contributed by atoms with Crippen molar-refractivity contribution in [2.24, 2.45) is 0 Å². The second-order valence-electron chi connectivity index (χ2n) is 5.56. The topological polar surface area (TPSA) is 77.5 Å². The van der Waals surface area contributed by atoms with E-state index < -0.39 is 41.6 Å². The fraction of sp³-hybridized carbons (Fsp3) is 0.533. The summed E-state index contributed by atoms with van der Waals surface area (Å²) in [4.78, 5) is 26.6. The van der Waals surface area contributed by atoms with Gasteiger partial charge in [-0.05, 0) is 26.3 Å². The Hall–Kier alpha value is -2.16. The lowest BCUT2D eigenvalue weighted by Crippen LogP contribution is -2.30. The van der Waals surface area contributed by atoms with E-state index in [9.17, 15) is 22.8 Å². The molecule has 0 fully saturated rings. The smallest absolute Gasteiger partial charge is 0.419 e. The lowest BCUT2D eigenvalue weighted by atomic mass is 10.1. The summed E-state index contributed by atoms with van der Waals surface area (Å²) in [6.07, 6.45) is -3.28. The average Bonchev–Trinajstić information content (AvgIpc) is 2.51. The molecule has 0 unspecified atom stereocenters. The van der Waals surface area contributed by atoms with Gasteiger partial charge < -0.3 is 14.8 Å². The largest absolute Gasteiger partial charge is 0.465 e. The van der Waals surface area contributed by atoms with Gasteiger partial charge in [0.15, 0.2) is 0 Å². The van der Waals surface area contributed by atoms with Crippen molar-refractivity contribution >= 4 is 17.7 Å². The summed E-state index contributed by atoms with van der Waals surface area (Å²) >= 11 is 0. The molecule has 0 aliphatic carbocycles. The number of methoxy groups -OCH3 is 1. The highest BCUT2D eigenvalue weighted by Gasteiger charge is 2.36. The van der Waals surface area contributed by atoms with Crippen LogP contribution in [0.5, 0.6) is 0 Å².